The van der Waals surface area contributed by atoms with E-state index in [1.807, 2.05) is 50.2 Å². The van der Waals surface area contributed by atoms with Gasteiger partial charge in [-0.2, -0.15) is 0 Å². The number of anilines is 1. The van der Waals surface area contributed by atoms with Crippen LogP contribution in [-0.4, -0.2) is 44.3 Å². The Labute approximate surface area is 253 Å². The highest BCUT2D eigenvalue weighted by Crippen LogP contribution is 2.27. The molecule has 0 heterocycles. The summed E-state index contributed by atoms with van der Waals surface area (Å²) in [6.07, 6.45) is 0.155. The van der Waals surface area contributed by atoms with Crippen molar-refractivity contribution in [3.05, 3.63) is 131 Å². The number of benzene rings is 4. The molecule has 0 unspecified atom stereocenters. The van der Waals surface area contributed by atoms with E-state index in [1.54, 1.807) is 55.5 Å². The Morgan fingerprint density at radius 3 is 2.02 bits per heavy atom. The van der Waals surface area contributed by atoms with Crippen LogP contribution in [0.4, 0.5) is 10.1 Å². The maximum atomic E-state index is 14.9. The number of likely N-dealkylation sites (N-methyl/N-ethyl adjacent to an activating group) is 1. The fourth-order valence-corrected chi connectivity index (χ4v) is 6.42. The van der Waals surface area contributed by atoms with Crippen LogP contribution in [0.1, 0.15) is 29.2 Å². The average Bonchev–Trinajstić information content (AvgIpc) is 2.99. The second kappa shape index (κ2) is 14.1. The standard InChI is InChI=1S/C34H36FN3O4S/c1-4-36-34(40)32(22-27-13-7-5-8-14-27)37(23-28-15-11-12-18-31(28)35)33(39)24-38(29-20-25(2)19-26(3)21-29)43(41,42)30-16-9-6-10-17-30/h5-21,32H,4,22-24H2,1-3H3,(H,36,40)/t32-/m1/s1. The molecule has 0 fully saturated rings. The molecule has 4 aromatic rings. The first-order valence-corrected chi connectivity index (χ1v) is 15.5. The predicted octanol–water partition coefficient (Wildman–Crippen LogP) is 5.41. The molecule has 0 saturated carbocycles. The van der Waals surface area contributed by atoms with Gasteiger partial charge in [-0.3, -0.25) is 13.9 Å². The Morgan fingerprint density at radius 2 is 1.42 bits per heavy atom. The minimum absolute atomic E-state index is 0.0205. The fourth-order valence-electron chi connectivity index (χ4n) is 5.00. The monoisotopic (exact) mass is 601 g/mol. The molecule has 0 aliphatic rings. The lowest BCUT2D eigenvalue weighted by atomic mass is 10.0. The second-order valence-corrected chi connectivity index (χ2v) is 12.2. The minimum Gasteiger partial charge on any atom is -0.355 e. The normalized spacial score (nSPS) is 11.9. The second-order valence-electron chi connectivity index (χ2n) is 10.4. The highest BCUT2D eigenvalue weighted by Gasteiger charge is 2.35. The van der Waals surface area contributed by atoms with Crippen molar-refractivity contribution >= 4 is 27.5 Å². The van der Waals surface area contributed by atoms with Crippen LogP contribution in [0.5, 0.6) is 0 Å². The highest BCUT2D eigenvalue weighted by molar-refractivity contribution is 7.92. The van der Waals surface area contributed by atoms with Crippen LogP contribution in [-0.2, 0) is 32.6 Å². The molecule has 9 heteroatoms. The summed E-state index contributed by atoms with van der Waals surface area (Å²) in [7, 11) is -4.20. The third-order valence-electron chi connectivity index (χ3n) is 7.03. The highest BCUT2D eigenvalue weighted by atomic mass is 32.2. The average molecular weight is 602 g/mol. The molecule has 0 bridgehead atoms. The van der Waals surface area contributed by atoms with Crippen LogP contribution >= 0.6 is 0 Å². The van der Waals surface area contributed by atoms with Gasteiger partial charge in [-0.25, -0.2) is 12.8 Å². The van der Waals surface area contributed by atoms with Crippen molar-refractivity contribution in [1.82, 2.24) is 10.2 Å². The quantitative estimate of drug-likeness (QED) is 0.235. The van der Waals surface area contributed by atoms with Crippen molar-refractivity contribution in [3.63, 3.8) is 0 Å². The smallest absolute Gasteiger partial charge is 0.264 e. The van der Waals surface area contributed by atoms with Crippen LogP contribution in [0.15, 0.2) is 108 Å². The molecular weight excluding hydrogens is 565 g/mol. The zero-order chi connectivity index (χ0) is 31.0. The summed E-state index contributed by atoms with van der Waals surface area (Å²) < 4.78 is 44.1. The number of sulfonamides is 1. The number of hydrogen-bond donors (Lipinski definition) is 1. The summed E-state index contributed by atoms with van der Waals surface area (Å²) in [5.74, 6) is -1.59. The number of amides is 2. The number of nitrogens with zero attached hydrogens (tertiary/aromatic N) is 2. The molecule has 0 spiro atoms. The molecule has 4 rings (SSSR count). The lowest BCUT2D eigenvalue weighted by molar-refractivity contribution is -0.140. The van der Waals surface area contributed by atoms with E-state index in [-0.39, 0.29) is 23.4 Å². The van der Waals surface area contributed by atoms with Gasteiger partial charge in [0.15, 0.2) is 0 Å². The zero-order valence-electron chi connectivity index (χ0n) is 24.5. The molecule has 43 heavy (non-hydrogen) atoms. The van der Waals surface area contributed by atoms with Crippen molar-refractivity contribution in [3.8, 4) is 0 Å². The first-order chi connectivity index (χ1) is 20.6. The van der Waals surface area contributed by atoms with E-state index < -0.39 is 40.2 Å². The summed E-state index contributed by atoms with van der Waals surface area (Å²) >= 11 is 0. The first kappa shape index (κ1) is 31.4. The minimum atomic E-state index is -4.20. The number of hydrogen-bond acceptors (Lipinski definition) is 4. The number of carbonyl (C=O) groups is 2. The van der Waals surface area contributed by atoms with E-state index in [2.05, 4.69) is 5.32 Å². The van der Waals surface area contributed by atoms with Crippen LogP contribution in [0, 0.1) is 19.7 Å². The van der Waals surface area contributed by atoms with Crippen LogP contribution in [0.25, 0.3) is 0 Å². The topological polar surface area (TPSA) is 86.8 Å². The molecule has 0 aromatic heterocycles. The number of rotatable bonds is 12. The van der Waals surface area contributed by atoms with Gasteiger partial charge in [-0.05, 0) is 67.8 Å². The number of halogens is 1. The fraction of sp³-hybridized carbons (Fsp3) is 0.235. The van der Waals surface area contributed by atoms with Crippen LogP contribution in [0.2, 0.25) is 0 Å². The van der Waals surface area contributed by atoms with Gasteiger partial charge in [-0.15, -0.1) is 0 Å². The zero-order valence-corrected chi connectivity index (χ0v) is 25.4. The van der Waals surface area contributed by atoms with Gasteiger partial charge in [0.25, 0.3) is 10.0 Å². The van der Waals surface area contributed by atoms with Gasteiger partial charge in [0.05, 0.1) is 10.6 Å². The Kier molecular flexibility index (Phi) is 10.3. The maximum Gasteiger partial charge on any atom is 0.264 e. The molecule has 0 saturated heterocycles. The predicted molar refractivity (Wildman–Crippen MR) is 166 cm³/mol. The van der Waals surface area contributed by atoms with Gasteiger partial charge in [-0.1, -0.05) is 72.8 Å². The van der Waals surface area contributed by atoms with Crippen LogP contribution in [0.3, 0.4) is 0 Å². The first-order valence-electron chi connectivity index (χ1n) is 14.1. The summed E-state index contributed by atoms with van der Waals surface area (Å²) in [4.78, 5) is 29.2. The van der Waals surface area contributed by atoms with Gasteiger partial charge < -0.3 is 10.2 Å². The Bertz CT molecular complexity index is 1640. The Morgan fingerprint density at radius 1 is 0.837 bits per heavy atom. The molecule has 1 atom stereocenters. The van der Waals surface area contributed by atoms with Crippen molar-refractivity contribution < 1.29 is 22.4 Å². The van der Waals surface area contributed by atoms with Crippen molar-refractivity contribution in [2.75, 3.05) is 17.4 Å². The van der Waals surface area contributed by atoms with E-state index in [9.17, 15) is 22.4 Å². The SMILES string of the molecule is CCNC(=O)[C@@H](Cc1ccccc1)N(Cc1ccccc1F)C(=O)CN(c1cc(C)cc(C)c1)S(=O)(=O)c1ccccc1. The van der Waals surface area contributed by atoms with Gasteiger partial charge >= 0.3 is 0 Å². The largest absolute Gasteiger partial charge is 0.355 e. The van der Waals surface area contributed by atoms with Crippen molar-refractivity contribution in [2.45, 2.75) is 44.7 Å². The van der Waals surface area contributed by atoms with Gasteiger partial charge in [0.2, 0.25) is 11.8 Å². The lowest BCUT2D eigenvalue weighted by Crippen LogP contribution is -2.53. The third-order valence-corrected chi connectivity index (χ3v) is 8.81. The number of carbonyl (C=O) groups excluding carboxylic acids is 2. The molecule has 2 amide bonds. The summed E-state index contributed by atoms with van der Waals surface area (Å²) in [5.41, 5.74) is 2.97. The molecule has 0 aliphatic carbocycles. The van der Waals surface area contributed by atoms with Gasteiger partial charge in [0, 0.05) is 25.1 Å². The van der Waals surface area contributed by atoms with Crippen molar-refractivity contribution in [1.29, 1.82) is 0 Å². The van der Waals surface area contributed by atoms with E-state index in [1.165, 1.54) is 23.1 Å². The molecule has 4 aromatic carbocycles. The van der Waals surface area contributed by atoms with E-state index >= 15 is 0 Å². The molecule has 7 nitrogen and oxygen atoms in total. The Balaban J connectivity index is 1.82. The lowest BCUT2D eigenvalue weighted by Gasteiger charge is -2.34. The molecule has 224 valence electrons. The van der Waals surface area contributed by atoms with E-state index in [4.69, 9.17) is 0 Å². The Hall–Kier alpha value is -4.50. The van der Waals surface area contributed by atoms with E-state index in [0.717, 1.165) is 21.0 Å². The van der Waals surface area contributed by atoms with Gasteiger partial charge in [0.1, 0.15) is 18.4 Å². The molecule has 0 radical (unpaired) electrons. The maximum absolute atomic E-state index is 14.9. The summed E-state index contributed by atoms with van der Waals surface area (Å²) in [5, 5.41) is 2.80. The summed E-state index contributed by atoms with van der Waals surface area (Å²) in [6.45, 7) is 4.96. The van der Waals surface area contributed by atoms with Crippen molar-refractivity contribution in [2.24, 2.45) is 0 Å². The third kappa shape index (κ3) is 7.87. The molecule has 1 N–H and O–H groups in total. The van der Waals surface area contributed by atoms with E-state index in [0.29, 0.717) is 12.2 Å². The number of nitrogens with one attached hydrogen (secondary N) is 1. The molecule has 0 aliphatic heterocycles. The molecular formula is C34H36FN3O4S. The summed E-state index contributed by atoms with van der Waals surface area (Å²) in [6, 6.07) is 27.4. The van der Waals surface area contributed by atoms with Crippen LogP contribution < -0.4 is 9.62 Å². The number of aryl methyl sites for hydroxylation is 2.